The van der Waals surface area contributed by atoms with Crippen molar-refractivity contribution in [2.45, 2.75) is 18.4 Å². The molecule has 112 valence electrons. The van der Waals surface area contributed by atoms with Crippen molar-refractivity contribution in [3.05, 3.63) is 23.8 Å². The number of benzene rings is 1. The maximum absolute atomic E-state index is 12.1. The quantitative estimate of drug-likeness (QED) is 0.830. The predicted molar refractivity (Wildman–Crippen MR) is 70.2 cm³/mol. The molecule has 0 bridgehead atoms. The van der Waals surface area contributed by atoms with Crippen LogP contribution in [0.4, 0.5) is 0 Å². The molecule has 2 aliphatic rings. The summed E-state index contributed by atoms with van der Waals surface area (Å²) in [5, 5.41) is 11.8. The zero-order valence-corrected chi connectivity index (χ0v) is 11.3. The van der Waals surface area contributed by atoms with Crippen molar-refractivity contribution in [1.29, 1.82) is 0 Å². The number of ether oxygens (including phenoxy) is 3. The van der Waals surface area contributed by atoms with Gasteiger partial charge in [-0.2, -0.15) is 0 Å². The van der Waals surface area contributed by atoms with E-state index >= 15 is 0 Å². The zero-order chi connectivity index (χ0) is 14.9. The lowest BCUT2D eigenvalue weighted by Gasteiger charge is -2.23. The molecule has 1 atom stereocenters. The second-order valence-electron chi connectivity index (χ2n) is 5.10. The van der Waals surface area contributed by atoms with Gasteiger partial charge in [0.2, 0.25) is 12.7 Å². The molecule has 0 aromatic heterocycles. The average Bonchev–Trinajstić information content (AvgIpc) is 3.07. The van der Waals surface area contributed by atoms with Crippen molar-refractivity contribution in [2.24, 2.45) is 0 Å². The molecule has 7 nitrogen and oxygen atoms in total. The molecule has 1 amide bonds. The lowest BCUT2D eigenvalue weighted by atomic mass is 9.98. The molecule has 7 heteroatoms. The summed E-state index contributed by atoms with van der Waals surface area (Å²) in [5.74, 6) is -0.191. The van der Waals surface area contributed by atoms with Crippen LogP contribution < -0.4 is 14.8 Å². The summed E-state index contributed by atoms with van der Waals surface area (Å²) in [6, 6.07) is 5.21. The highest BCUT2D eigenvalue weighted by molar-refractivity contribution is 5.88. The summed E-state index contributed by atoms with van der Waals surface area (Å²) in [5.41, 5.74) is -0.579. The number of hydrogen-bond acceptors (Lipinski definition) is 5. The van der Waals surface area contributed by atoms with Crippen molar-refractivity contribution < 1.29 is 28.9 Å². The SMILES string of the molecule is O=C(Cc1ccc2c(c1)OCO2)NC1(C(=O)O)CCOC1. The Hall–Kier alpha value is -2.28. The molecule has 1 fully saturated rings. The first-order chi connectivity index (χ1) is 10.1. The van der Waals surface area contributed by atoms with E-state index in [-0.39, 0.29) is 32.1 Å². The molecule has 3 rings (SSSR count). The fourth-order valence-corrected chi connectivity index (χ4v) is 2.43. The van der Waals surface area contributed by atoms with Crippen LogP contribution in [0.3, 0.4) is 0 Å². The second kappa shape index (κ2) is 5.25. The van der Waals surface area contributed by atoms with Gasteiger partial charge in [-0.05, 0) is 17.7 Å². The minimum absolute atomic E-state index is 0.00475. The summed E-state index contributed by atoms with van der Waals surface area (Å²) < 4.78 is 15.5. The van der Waals surface area contributed by atoms with Crippen molar-refractivity contribution in [2.75, 3.05) is 20.0 Å². The van der Waals surface area contributed by atoms with Crippen LogP contribution in [-0.2, 0) is 20.7 Å². The molecule has 1 aromatic rings. The minimum Gasteiger partial charge on any atom is -0.479 e. The third-order valence-electron chi connectivity index (χ3n) is 3.61. The number of aliphatic carboxylic acids is 1. The van der Waals surface area contributed by atoms with E-state index in [2.05, 4.69) is 5.32 Å². The molecule has 1 unspecified atom stereocenters. The van der Waals surface area contributed by atoms with Crippen LogP contribution in [0.5, 0.6) is 11.5 Å². The molecule has 0 aliphatic carbocycles. The standard InChI is InChI=1S/C14H15NO6/c16-12(15-14(13(17)18)3-4-19-7-14)6-9-1-2-10-11(5-9)21-8-20-10/h1-2,5H,3-4,6-8H2,(H,15,16)(H,17,18). The number of carbonyl (C=O) groups excluding carboxylic acids is 1. The fourth-order valence-electron chi connectivity index (χ4n) is 2.43. The van der Waals surface area contributed by atoms with Gasteiger partial charge in [-0.3, -0.25) is 4.79 Å². The molecule has 0 saturated carbocycles. The van der Waals surface area contributed by atoms with Gasteiger partial charge in [0, 0.05) is 13.0 Å². The number of hydrogen-bond donors (Lipinski definition) is 2. The average molecular weight is 293 g/mol. The number of rotatable bonds is 4. The van der Waals surface area contributed by atoms with Crippen molar-refractivity contribution >= 4 is 11.9 Å². The molecule has 21 heavy (non-hydrogen) atoms. The first-order valence-corrected chi connectivity index (χ1v) is 6.60. The Balaban J connectivity index is 1.67. The zero-order valence-electron chi connectivity index (χ0n) is 11.3. The number of amides is 1. The maximum atomic E-state index is 12.1. The normalized spacial score (nSPS) is 23.0. The van der Waals surface area contributed by atoms with Crippen LogP contribution in [0.1, 0.15) is 12.0 Å². The van der Waals surface area contributed by atoms with E-state index in [1.165, 1.54) is 0 Å². The molecular formula is C14H15NO6. The molecule has 0 spiro atoms. The molecule has 2 heterocycles. The monoisotopic (exact) mass is 293 g/mol. The highest BCUT2D eigenvalue weighted by atomic mass is 16.7. The summed E-state index contributed by atoms with van der Waals surface area (Å²) in [4.78, 5) is 23.4. The maximum Gasteiger partial charge on any atom is 0.331 e. The summed E-state index contributed by atoms with van der Waals surface area (Å²) in [6.45, 7) is 0.496. The van der Waals surface area contributed by atoms with E-state index < -0.39 is 11.5 Å². The van der Waals surface area contributed by atoms with Gasteiger partial charge in [-0.15, -0.1) is 0 Å². The lowest BCUT2D eigenvalue weighted by molar-refractivity contribution is -0.147. The third-order valence-corrected chi connectivity index (χ3v) is 3.61. The molecule has 0 radical (unpaired) electrons. The van der Waals surface area contributed by atoms with E-state index in [0.717, 1.165) is 5.56 Å². The second-order valence-corrected chi connectivity index (χ2v) is 5.10. The molecule has 1 aromatic carbocycles. The number of carboxylic acids is 1. The van der Waals surface area contributed by atoms with Crippen LogP contribution in [0, 0.1) is 0 Å². The Bertz CT molecular complexity index is 579. The lowest BCUT2D eigenvalue weighted by Crippen LogP contribution is -2.55. The highest BCUT2D eigenvalue weighted by Gasteiger charge is 2.43. The van der Waals surface area contributed by atoms with Crippen LogP contribution in [0.2, 0.25) is 0 Å². The van der Waals surface area contributed by atoms with E-state index in [1.807, 2.05) is 0 Å². The highest BCUT2D eigenvalue weighted by Crippen LogP contribution is 2.32. The van der Waals surface area contributed by atoms with Crippen molar-refractivity contribution in [1.82, 2.24) is 5.32 Å². The third kappa shape index (κ3) is 2.64. The summed E-state index contributed by atoms with van der Waals surface area (Å²) in [7, 11) is 0. The Morgan fingerprint density at radius 3 is 2.81 bits per heavy atom. The van der Waals surface area contributed by atoms with E-state index in [1.54, 1.807) is 18.2 Å². The Morgan fingerprint density at radius 2 is 2.10 bits per heavy atom. The minimum atomic E-state index is -1.31. The Morgan fingerprint density at radius 1 is 1.29 bits per heavy atom. The van der Waals surface area contributed by atoms with Gasteiger partial charge < -0.3 is 24.6 Å². The molecule has 1 saturated heterocycles. The van der Waals surface area contributed by atoms with E-state index in [0.29, 0.717) is 18.1 Å². The van der Waals surface area contributed by atoms with Crippen LogP contribution >= 0.6 is 0 Å². The van der Waals surface area contributed by atoms with Gasteiger partial charge in [0.05, 0.1) is 13.0 Å². The number of carbonyl (C=O) groups is 2. The summed E-state index contributed by atoms with van der Waals surface area (Å²) in [6.07, 6.45) is 0.348. The van der Waals surface area contributed by atoms with Gasteiger partial charge >= 0.3 is 5.97 Å². The smallest absolute Gasteiger partial charge is 0.331 e. The summed E-state index contributed by atoms with van der Waals surface area (Å²) >= 11 is 0. The fraction of sp³-hybridized carbons (Fsp3) is 0.429. The number of nitrogens with one attached hydrogen (secondary N) is 1. The largest absolute Gasteiger partial charge is 0.479 e. The topological polar surface area (TPSA) is 94.1 Å². The van der Waals surface area contributed by atoms with Crippen LogP contribution in [0.25, 0.3) is 0 Å². The first-order valence-electron chi connectivity index (χ1n) is 6.60. The van der Waals surface area contributed by atoms with E-state index in [4.69, 9.17) is 14.2 Å². The Labute approximate surface area is 120 Å². The van der Waals surface area contributed by atoms with Gasteiger partial charge in [-0.25, -0.2) is 4.79 Å². The van der Waals surface area contributed by atoms with Crippen molar-refractivity contribution in [3.63, 3.8) is 0 Å². The van der Waals surface area contributed by atoms with E-state index in [9.17, 15) is 14.7 Å². The molecule has 2 N–H and O–H groups in total. The predicted octanol–water partition coefficient (Wildman–Crippen LogP) is 0.318. The number of fused-ring (bicyclic) bond motifs is 1. The first kappa shape index (κ1) is 13.7. The van der Waals surface area contributed by atoms with Crippen molar-refractivity contribution in [3.8, 4) is 11.5 Å². The van der Waals surface area contributed by atoms with Crippen LogP contribution in [0.15, 0.2) is 18.2 Å². The van der Waals surface area contributed by atoms with Gasteiger partial charge in [0.15, 0.2) is 17.0 Å². The molecule has 2 aliphatic heterocycles. The van der Waals surface area contributed by atoms with Crippen LogP contribution in [-0.4, -0.2) is 42.5 Å². The molecular weight excluding hydrogens is 278 g/mol. The number of carboxylic acid groups (broad SMARTS) is 1. The van der Waals surface area contributed by atoms with Gasteiger partial charge in [0.1, 0.15) is 0 Å². The van der Waals surface area contributed by atoms with Gasteiger partial charge in [0.25, 0.3) is 0 Å². The Kier molecular flexibility index (Phi) is 3.42. The van der Waals surface area contributed by atoms with Gasteiger partial charge in [-0.1, -0.05) is 6.07 Å².